The second kappa shape index (κ2) is 10.0. The van der Waals surface area contributed by atoms with Crippen molar-refractivity contribution in [1.82, 2.24) is 9.97 Å². The molecule has 4 rings (SSSR count). The number of fused-ring (bicyclic) bond motifs is 1. The number of nitriles is 1. The van der Waals surface area contributed by atoms with Crippen LogP contribution in [0.5, 0.6) is 0 Å². The molecule has 1 aliphatic rings. The van der Waals surface area contributed by atoms with Crippen molar-refractivity contribution in [1.29, 1.82) is 5.26 Å². The number of thioether (sulfide) groups is 1. The molecule has 10 heteroatoms. The monoisotopic (exact) mass is 480 g/mol. The first-order chi connectivity index (χ1) is 16.0. The van der Waals surface area contributed by atoms with Gasteiger partial charge in [0.2, 0.25) is 5.91 Å². The molecule has 2 aromatic heterocycles. The van der Waals surface area contributed by atoms with Gasteiger partial charge in [-0.25, -0.2) is 9.78 Å². The van der Waals surface area contributed by atoms with Gasteiger partial charge in [-0.05, 0) is 31.7 Å². The van der Waals surface area contributed by atoms with E-state index in [2.05, 4.69) is 15.3 Å². The van der Waals surface area contributed by atoms with Gasteiger partial charge in [-0.15, -0.1) is 11.3 Å². The number of ether oxygens (including phenoxy) is 1. The van der Waals surface area contributed by atoms with E-state index in [0.717, 1.165) is 41.5 Å². The molecule has 3 aromatic rings. The summed E-state index contributed by atoms with van der Waals surface area (Å²) in [6, 6.07) is 10.8. The number of amides is 1. The number of nitrogens with one attached hydrogen (secondary N) is 2. The third-order valence-corrected chi connectivity index (χ3v) is 7.13. The molecule has 1 aromatic carbocycles. The lowest BCUT2D eigenvalue weighted by molar-refractivity contribution is -0.113. The average Bonchev–Trinajstić information content (AvgIpc) is 3.39. The number of rotatable bonds is 7. The fraction of sp³-hybridized carbons (Fsp3) is 0.261. The lowest BCUT2D eigenvalue weighted by Crippen LogP contribution is -2.18. The predicted molar refractivity (Wildman–Crippen MR) is 127 cm³/mol. The standard InChI is InChI=1S/C23H20N4O4S2/c1-2-31-22(30)18-14-9-6-10-16(14)33-21(18)25-17(28)12-32-23-26-19(13-7-4-3-5-8-13)15(11-24)20(29)27-23/h3-5,7-8H,2,6,9-10,12H2,1H3,(H,25,28)(H,26,27,29). The molecule has 2 N–H and O–H groups in total. The van der Waals surface area contributed by atoms with Crippen molar-refractivity contribution in [2.45, 2.75) is 31.3 Å². The molecule has 33 heavy (non-hydrogen) atoms. The Morgan fingerprint density at radius 1 is 1.30 bits per heavy atom. The molecule has 2 heterocycles. The Bertz CT molecular complexity index is 1310. The molecule has 1 aliphatic carbocycles. The van der Waals surface area contributed by atoms with Gasteiger partial charge in [-0.3, -0.25) is 9.59 Å². The summed E-state index contributed by atoms with van der Waals surface area (Å²) in [6.07, 6.45) is 2.66. The minimum absolute atomic E-state index is 0.0338. The van der Waals surface area contributed by atoms with Gasteiger partial charge in [0.25, 0.3) is 5.56 Å². The maximum Gasteiger partial charge on any atom is 0.341 e. The Morgan fingerprint density at radius 2 is 2.09 bits per heavy atom. The van der Waals surface area contributed by atoms with Crippen molar-refractivity contribution in [3.05, 3.63) is 62.3 Å². The number of H-pyrrole nitrogens is 1. The first kappa shape index (κ1) is 22.8. The second-order valence-corrected chi connectivity index (χ2v) is 9.26. The van der Waals surface area contributed by atoms with Gasteiger partial charge in [-0.1, -0.05) is 42.1 Å². The van der Waals surface area contributed by atoms with Gasteiger partial charge < -0.3 is 15.0 Å². The van der Waals surface area contributed by atoms with Crippen molar-refractivity contribution >= 4 is 40.0 Å². The number of nitrogens with zero attached hydrogens (tertiary/aromatic N) is 2. The zero-order valence-corrected chi connectivity index (χ0v) is 19.4. The minimum atomic E-state index is -0.562. The van der Waals surface area contributed by atoms with Gasteiger partial charge in [0.15, 0.2) is 5.16 Å². The lowest BCUT2D eigenvalue weighted by atomic mass is 10.1. The Labute approximate surface area is 198 Å². The number of aryl methyl sites for hydroxylation is 1. The molecule has 0 saturated heterocycles. The first-order valence-corrected chi connectivity index (χ1v) is 12.2. The number of hydrogen-bond acceptors (Lipinski definition) is 8. The van der Waals surface area contributed by atoms with Crippen LogP contribution in [0.25, 0.3) is 11.3 Å². The highest BCUT2D eigenvalue weighted by Gasteiger charge is 2.28. The van der Waals surface area contributed by atoms with Crippen molar-refractivity contribution in [3.8, 4) is 17.3 Å². The number of anilines is 1. The molecule has 0 spiro atoms. The van der Waals surface area contributed by atoms with E-state index in [1.54, 1.807) is 31.2 Å². The van der Waals surface area contributed by atoms with E-state index < -0.39 is 11.5 Å². The fourth-order valence-electron chi connectivity index (χ4n) is 3.64. The van der Waals surface area contributed by atoms with E-state index in [0.29, 0.717) is 16.1 Å². The van der Waals surface area contributed by atoms with Gasteiger partial charge in [-0.2, -0.15) is 5.26 Å². The summed E-state index contributed by atoms with van der Waals surface area (Å²) < 4.78 is 5.19. The smallest absolute Gasteiger partial charge is 0.341 e. The van der Waals surface area contributed by atoms with Crippen molar-refractivity contribution in [3.63, 3.8) is 0 Å². The highest BCUT2D eigenvalue weighted by molar-refractivity contribution is 7.99. The number of thiophene rings is 1. The van der Waals surface area contributed by atoms with Crippen LogP contribution in [0.2, 0.25) is 0 Å². The number of esters is 1. The topological polar surface area (TPSA) is 125 Å². The Kier molecular flexibility index (Phi) is 6.91. The van der Waals surface area contributed by atoms with Crippen LogP contribution in [-0.2, 0) is 22.4 Å². The van der Waals surface area contributed by atoms with Gasteiger partial charge >= 0.3 is 5.97 Å². The summed E-state index contributed by atoms with van der Waals surface area (Å²) in [5, 5.41) is 12.9. The van der Waals surface area contributed by atoms with Crippen LogP contribution in [0.15, 0.2) is 40.3 Å². The maximum atomic E-state index is 12.7. The highest BCUT2D eigenvalue weighted by atomic mass is 32.2. The summed E-state index contributed by atoms with van der Waals surface area (Å²) in [5.74, 6) is -0.794. The number of aromatic amines is 1. The van der Waals surface area contributed by atoms with Crippen LogP contribution in [-0.4, -0.2) is 34.2 Å². The first-order valence-electron chi connectivity index (χ1n) is 10.4. The van der Waals surface area contributed by atoms with E-state index in [-0.39, 0.29) is 34.7 Å². The van der Waals surface area contributed by atoms with Crippen LogP contribution in [0, 0.1) is 11.3 Å². The van der Waals surface area contributed by atoms with Crippen LogP contribution in [0.4, 0.5) is 5.00 Å². The quantitative estimate of drug-likeness (QED) is 0.300. The van der Waals surface area contributed by atoms with Crippen LogP contribution in [0.1, 0.15) is 39.7 Å². The molecule has 0 aliphatic heterocycles. The summed E-state index contributed by atoms with van der Waals surface area (Å²) in [6.45, 7) is 2.00. The molecule has 0 atom stereocenters. The van der Waals surface area contributed by atoms with Crippen molar-refractivity contribution < 1.29 is 14.3 Å². The van der Waals surface area contributed by atoms with E-state index in [1.807, 2.05) is 12.1 Å². The molecule has 168 valence electrons. The molecule has 1 amide bonds. The number of carbonyl (C=O) groups is 2. The van der Waals surface area contributed by atoms with Crippen LogP contribution in [0.3, 0.4) is 0 Å². The lowest BCUT2D eigenvalue weighted by Gasteiger charge is -2.08. The number of hydrogen-bond donors (Lipinski definition) is 2. The molecule has 8 nitrogen and oxygen atoms in total. The van der Waals surface area contributed by atoms with E-state index in [9.17, 15) is 19.6 Å². The maximum absolute atomic E-state index is 12.7. The summed E-state index contributed by atoms with van der Waals surface area (Å²) in [5.41, 5.74) is 1.68. The zero-order chi connectivity index (χ0) is 23.4. The van der Waals surface area contributed by atoms with Crippen molar-refractivity contribution in [2.75, 3.05) is 17.7 Å². The summed E-state index contributed by atoms with van der Waals surface area (Å²) in [7, 11) is 0. The van der Waals surface area contributed by atoms with Gasteiger partial charge in [0.1, 0.15) is 16.6 Å². The molecular formula is C23H20N4O4S2. The molecule has 0 bridgehead atoms. The minimum Gasteiger partial charge on any atom is -0.462 e. The molecule has 0 fully saturated rings. The number of carbonyl (C=O) groups excluding carboxylic acids is 2. The normalized spacial score (nSPS) is 12.1. The van der Waals surface area contributed by atoms with Crippen LogP contribution < -0.4 is 10.9 Å². The third kappa shape index (κ3) is 4.84. The van der Waals surface area contributed by atoms with E-state index in [1.165, 1.54) is 11.3 Å². The van der Waals surface area contributed by atoms with Gasteiger partial charge in [0.05, 0.1) is 23.6 Å². The Hall–Kier alpha value is -3.42. The molecule has 0 unspecified atom stereocenters. The fourth-order valence-corrected chi connectivity index (χ4v) is 5.59. The largest absolute Gasteiger partial charge is 0.462 e. The average molecular weight is 481 g/mol. The molecule has 0 saturated carbocycles. The third-order valence-electron chi connectivity index (χ3n) is 5.05. The SMILES string of the molecule is CCOC(=O)c1c(NC(=O)CSc2nc(-c3ccccc3)c(C#N)c(=O)[nH]2)sc2c1CCC2. The van der Waals surface area contributed by atoms with E-state index in [4.69, 9.17) is 4.74 Å². The second-order valence-electron chi connectivity index (χ2n) is 7.19. The van der Waals surface area contributed by atoms with Crippen molar-refractivity contribution in [2.24, 2.45) is 0 Å². The highest BCUT2D eigenvalue weighted by Crippen LogP contribution is 2.39. The number of aromatic nitrogens is 2. The predicted octanol–water partition coefficient (Wildman–Crippen LogP) is 3.77. The van der Waals surface area contributed by atoms with Gasteiger partial charge in [0, 0.05) is 10.4 Å². The van der Waals surface area contributed by atoms with Crippen LogP contribution >= 0.6 is 23.1 Å². The molecular weight excluding hydrogens is 460 g/mol. The Balaban J connectivity index is 1.52. The number of benzene rings is 1. The van der Waals surface area contributed by atoms with E-state index >= 15 is 0 Å². The molecule has 0 radical (unpaired) electrons. The summed E-state index contributed by atoms with van der Waals surface area (Å²) in [4.78, 5) is 45.6. The zero-order valence-electron chi connectivity index (χ0n) is 17.8. The summed E-state index contributed by atoms with van der Waals surface area (Å²) >= 11 is 2.45. The Morgan fingerprint density at radius 3 is 2.82 bits per heavy atom.